The molecule has 1 aliphatic rings. The molecule has 4 rings (SSSR count). The van der Waals surface area contributed by atoms with E-state index in [-0.39, 0.29) is 18.1 Å². The number of thiophene rings is 1. The molecule has 2 heterocycles. The van der Waals surface area contributed by atoms with E-state index in [1.165, 1.54) is 29.0 Å². The van der Waals surface area contributed by atoms with E-state index in [1.807, 2.05) is 6.07 Å². The van der Waals surface area contributed by atoms with Gasteiger partial charge >= 0.3 is 0 Å². The van der Waals surface area contributed by atoms with E-state index >= 15 is 0 Å². The first-order valence-electron chi connectivity index (χ1n) is 7.88. The van der Waals surface area contributed by atoms with Gasteiger partial charge < -0.3 is 5.32 Å². The maximum Gasteiger partial charge on any atom is 0.271 e. The van der Waals surface area contributed by atoms with Crippen molar-refractivity contribution in [1.82, 2.24) is 9.97 Å². The third-order valence-electron chi connectivity index (χ3n) is 4.41. The number of rotatable bonds is 3. The van der Waals surface area contributed by atoms with Crippen molar-refractivity contribution >= 4 is 51.2 Å². The Labute approximate surface area is 154 Å². The lowest BCUT2D eigenvalue weighted by Crippen LogP contribution is -2.09. The van der Waals surface area contributed by atoms with E-state index < -0.39 is 4.92 Å². The second kappa shape index (κ2) is 6.93. The number of nitrogens with zero attached hydrogens (tertiary/aromatic N) is 3. The number of hydrogen-bond donors (Lipinski definition) is 1. The minimum absolute atomic E-state index is 0. The Morgan fingerprint density at radius 3 is 3.00 bits per heavy atom. The Morgan fingerprint density at radius 2 is 2.20 bits per heavy atom. The molecule has 1 atom stereocenters. The minimum atomic E-state index is -0.394. The number of hydrogen-bond acceptors (Lipinski definition) is 6. The van der Waals surface area contributed by atoms with E-state index in [4.69, 9.17) is 0 Å². The van der Waals surface area contributed by atoms with Gasteiger partial charge in [-0.2, -0.15) is 0 Å². The highest BCUT2D eigenvalue weighted by atomic mass is 35.5. The molecule has 1 aromatic carbocycles. The van der Waals surface area contributed by atoms with E-state index in [0.717, 1.165) is 28.9 Å². The monoisotopic (exact) mass is 376 g/mol. The van der Waals surface area contributed by atoms with Crippen molar-refractivity contribution in [2.24, 2.45) is 5.92 Å². The van der Waals surface area contributed by atoms with Crippen LogP contribution < -0.4 is 5.32 Å². The van der Waals surface area contributed by atoms with Crippen LogP contribution in [0.3, 0.4) is 0 Å². The average Bonchev–Trinajstić information content (AvgIpc) is 2.93. The lowest BCUT2D eigenvalue weighted by atomic mass is 9.89. The van der Waals surface area contributed by atoms with Gasteiger partial charge in [0.05, 0.1) is 10.3 Å². The number of nitrogens with one attached hydrogen (secondary N) is 1. The zero-order chi connectivity index (χ0) is 16.7. The number of fused-ring (bicyclic) bond motifs is 3. The molecule has 2 aromatic heterocycles. The molecule has 130 valence electrons. The maximum absolute atomic E-state index is 11.0. The smallest absolute Gasteiger partial charge is 0.271 e. The molecule has 3 aromatic rings. The summed E-state index contributed by atoms with van der Waals surface area (Å²) in [4.78, 5) is 21.7. The van der Waals surface area contributed by atoms with Crippen LogP contribution in [0.15, 0.2) is 30.6 Å². The van der Waals surface area contributed by atoms with Gasteiger partial charge in [0.25, 0.3) is 5.69 Å². The summed E-state index contributed by atoms with van der Waals surface area (Å²) in [6.07, 6.45) is 4.84. The first-order chi connectivity index (χ1) is 11.6. The highest BCUT2D eigenvalue weighted by molar-refractivity contribution is 7.19. The van der Waals surface area contributed by atoms with E-state index in [9.17, 15) is 10.1 Å². The molecule has 0 saturated carbocycles. The second-order valence-electron chi connectivity index (χ2n) is 6.19. The number of nitro groups is 1. The zero-order valence-corrected chi connectivity index (χ0v) is 15.2. The fourth-order valence-electron chi connectivity index (χ4n) is 3.20. The first-order valence-corrected chi connectivity index (χ1v) is 8.70. The molecule has 0 aliphatic heterocycles. The van der Waals surface area contributed by atoms with Crippen LogP contribution in [-0.2, 0) is 12.8 Å². The predicted molar refractivity (Wildman–Crippen MR) is 102 cm³/mol. The lowest BCUT2D eigenvalue weighted by molar-refractivity contribution is -0.384. The number of nitro benzene ring substituents is 1. The molecule has 1 aliphatic carbocycles. The van der Waals surface area contributed by atoms with Gasteiger partial charge in [0.2, 0.25) is 0 Å². The molecule has 1 N–H and O–H groups in total. The first kappa shape index (κ1) is 17.6. The summed E-state index contributed by atoms with van der Waals surface area (Å²) < 4.78 is 0. The number of benzene rings is 1. The van der Waals surface area contributed by atoms with Crippen molar-refractivity contribution < 1.29 is 4.92 Å². The van der Waals surface area contributed by atoms with Gasteiger partial charge in [0, 0.05) is 22.7 Å². The number of anilines is 2. The summed E-state index contributed by atoms with van der Waals surface area (Å²) in [6.45, 7) is 2.28. The maximum atomic E-state index is 11.0. The van der Waals surface area contributed by atoms with Crippen LogP contribution in [0.25, 0.3) is 10.2 Å². The molecule has 0 saturated heterocycles. The fourth-order valence-corrected chi connectivity index (χ4v) is 4.55. The van der Waals surface area contributed by atoms with E-state index in [0.29, 0.717) is 11.6 Å². The van der Waals surface area contributed by atoms with Crippen molar-refractivity contribution in [3.8, 4) is 0 Å². The highest BCUT2D eigenvalue weighted by Crippen LogP contribution is 2.40. The number of aromatic nitrogens is 2. The van der Waals surface area contributed by atoms with Crippen molar-refractivity contribution in [2.45, 2.75) is 26.2 Å². The van der Waals surface area contributed by atoms with Crippen molar-refractivity contribution in [3.63, 3.8) is 0 Å². The quantitative estimate of drug-likeness (QED) is 0.520. The molecule has 0 bridgehead atoms. The van der Waals surface area contributed by atoms with Gasteiger partial charge in [-0.1, -0.05) is 13.0 Å². The van der Waals surface area contributed by atoms with Gasteiger partial charge in [-0.15, -0.1) is 23.7 Å². The number of halogens is 1. The molecular weight excluding hydrogens is 360 g/mol. The van der Waals surface area contributed by atoms with Crippen molar-refractivity contribution in [3.05, 3.63) is 51.1 Å². The summed E-state index contributed by atoms with van der Waals surface area (Å²) in [5.74, 6) is 1.43. The third-order valence-corrected chi connectivity index (χ3v) is 5.57. The molecule has 8 heteroatoms. The third kappa shape index (κ3) is 3.29. The van der Waals surface area contributed by atoms with Crippen LogP contribution >= 0.6 is 23.7 Å². The SMILES string of the molecule is CC1CCc2c(sc3ncnc(Nc4cccc([N+](=O)[O-])c4)c23)C1.Cl. The van der Waals surface area contributed by atoms with Crippen LogP contribution in [0.5, 0.6) is 0 Å². The number of aryl methyl sites for hydroxylation is 1. The van der Waals surface area contributed by atoms with Gasteiger partial charge in [-0.05, 0) is 36.8 Å². The average molecular weight is 377 g/mol. The summed E-state index contributed by atoms with van der Waals surface area (Å²) in [5, 5.41) is 15.3. The zero-order valence-electron chi connectivity index (χ0n) is 13.6. The molecule has 0 spiro atoms. The van der Waals surface area contributed by atoms with Crippen molar-refractivity contribution in [2.75, 3.05) is 5.32 Å². The molecule has 25 heavy (non-hydrogen) atoms. The Bertz CT molecular complexity index is 944. The van der Waals surface area contributed by atoms with Crippen molar-refractivity contribution in [1.29, 1.82) is 0 Å². The summed E-state index contributed by atoms with van der Waals surface area (Å²) in [5.41, 5.74) is 2.06. The second-order valence-corrected chi connectivity index (χ2v) is 7.27. The number of non-ortho nitro benzene ring substituents is 1. The van der Waals surface area contributed by atoms with Gasteiger partial charge in [0.15, 0.2) is 0 Å². The molecule has 0 amide bonds. The van der Waals surface area contributed by atoms with Crippen LogP contribution in [0.1, 0.15) is 23.8 Å². The Hall–Kier alpha value is -2.25. The molecule has 0 radical (unpaired) electrons. The van der Waals surface area contributed by atoms with Gasteiger partial charge in [0.1, 0.15) is 17.0 Å². The minimum Gasteiger partial charge on any atom is -0.339 e. The molecule has 6 nitrogen and oxygen atoms in total. The normalized spacial score (nSPS) is 16.1. The van der Waals surface area contributed by atoms with Crippen LogP contribution in [0.2, 0.25) is 0 Å². The van der Waals surface area contributed by atoms with Gasteiger partial charge in [-0.25, -0.2) is 9.97 Å². The highest BCUT2D eigenvalue weighted by Gasteiger charge is 2.23. The van der Waals surface area contributed by atoms with Crippen LogP contribution in [0, 0.1) is 16.0 Å². The van der Waals surface area contributed by atoms with Gasteiger partial charge in [-0.3, -0.25) is 10.1 Å². The Morgan fingerprint density at radius 1 is 1.36 bits per heavy atom. The van der Waals surface area contributed by atoms with Crippen LogP contribution in [0.4, 0.5) is 17.2 Å². The summed E-state index contributed by atoms with van der Waals surface area (Å²) in [6, 6.07) is 6.48. The largest absolute Gasteiger partial charge is 0.339 e. The Balaban J connectivity index is 0.00000182. The topological polar surface area (TPSA) is 81.0 Å². The summed E-state index contributed by atoms with van der Waals surface area (Å²) >= 11 is 1.74. The standard InChI is InChI=1S/C17H16N4O2S.ClH/c1-10-5-6-13-14(7-10)24-17-15(13)16(18-9-19-17)20-11-3-2-4-12(8-11)21(22)23;/h2-4,8-10H,5-7H2,1H3,(H,18,19,20);1H. The molecule has 0 fully saturated rings. The van der Waals surface area contributed by atoms with E-state index in [2.05, 4.69) is 22.2 Å². The molecule has 1 unspecified atom stereocenters. The van der Waals surface area contributed by atoms with Crippen LogP contribution in [-0.4, -0.2) is 14.9 Å². The lowest BCUT2D eigenvalue weighted by Gasteiger charge is -2.18. The molecular formula is C17H17ClN4O2S. The Kier molecular flexibility index (Phi) is 4.87. The summed E-state index contributed by atoms with van der Waals surface area (Å²) in [7, 11) is 0. The van der Waals surface area contributed by atoms with E-state index in [1.54, 1.807) is 23.7 Å². The fraction of sp³-hybridized carbons (Fsp3) is 0.294. The predicted octanol–water partition coefficient (Wildman–Crippen LogP) is 4.89.